The Bertz CT molecular complexity index is 487. The van der Waals surface area contributed by atoms with Crippen molar-refractivity contribution in [1.82, 2.24) is 0 Å². The molecule has 0 unspecified atom stereocenters. The Hall–Kier alpha value is -1.51. The molecule has 3 N–H and O–H groups in total. The molecule has 19 heavy (non-hydrogen) atoms. The molecule has 0 radical (unpaired) electrons. The first-order valence-corrected chi connectivity index (χ1v) is 6.30. The standard InChI is InChI=1S/C16H19NO.ClH/c1-18-16-9-5-8-14(11-16)15(12-17)10-13-6-3-2-4-7-13;/h2-9,11,15H,10,12,17H2,1H3;1H/t15-;/m1./s1. The third-order valence-electron chi connectivity index (χ3n) is 3.24. The van der Waals surface area contributed by atoms with Gasteiger partial charge in [-0.25, -0.2) is 0 Å². The van der Waals surface area contributed by atoms with Gasteiger partial charge < -0.3 is 22.9 Å². The summed E-state index contributed by atoms with van der Waals surface area (Å²) in [6.45, 7) is 0.891. The quantitative estimate of drug-likeness (QED) is 0.769. The smallest absolute Gasteiger partial charge is 0.119 e. The molecule has 0 aromatic heterocycles. The average molecular weight is 278 g/mol. The summed E-state index contributed by atoms with van der Waals surface area (Å²) in [5.74, 6) is 1.36. The van der Waals surface area contributed by atoms with E-state index >= 15 is 0 Å². The monoisotopic (exact) mass is 277 g/mol. The minimum Gasteiger partial charge on any atom is -1.00 e. The Morgan fingerprint density at radius 2 is 1.79 bits per heavy atom. The van der Waals surface area contributed by atoms with E-state index in [0.717, 1.165) is 18.7 Å². The zero-order valence-corrected chi connectivity index (χ0v) is 11.9. The molecule has 1 atom stereocenters. The molecule has 0 fully saturated rings. The van der Waals surface area contributed by atoms with Crippen molar-refractivity contribution in [2.45, 2.75) is 12.3 Å². The maximum Gasteiger partial charge on any atom is 0.119 e. The second-order valence-electron chi connectivity index (χ2n) is 4.45. The van der Waals surface area contributed by atoms with Gasteiger partial charge in [-0.05, 0) is 29.7 Å². The lowest BCUT2D eigenvalue weighted by molar-refractivity contribution is -0.372. The predicted octanol–water partition coefficient (Wildman–Crippen LogP) is -0.733. The first kappa shape index (κ1) is 15.5. The van der Waals surface area contributed by atoms with Crippen LogP contribution >= 0.6 is 0 Å². The number of hydrogen-bond donors (Lipinski definition) is 1. The topological polar surface area (TPSA) is 36.9 Å². The lowest BCUT2D eigenvalue weighted by atomic mass is 9.92. The van der Waals surface area contributed by atoms with E-state index in [-0.39, 0.29) is 12.4 Å². The van der Waals surface area contributed by atoms with Crippen LogP contribution in [-0.4, -0.2) is 13.7 Å². The molecule has 0 aliphatic rings. The van der Waals surface area contributed by atoms with Gasteiger partial charge in [0.1, 0.15) is 5.75 Å². The third kappa shape index (κ3) is 4.27. The van der Waals surface area contributed by atoms with Gasteiger partial charge in [-0.1, -0.05) is 42.5 Å². The molecule has 102 valence electrons. The highest BCUT2D eigenvalue weighted by Crippen LogP contribution is 2.23. The van der Waals surface area contributed by atoms with E-state index in [1.165, 1.54) is 11.1 Å². The summed E-state index contributed by atoms with van der Waals surface area (Å²) in [7, 11) is 1.70. The summed E-state index contributed by atoms with van der Waals surface area (Å²) in [4.78, 5) is 0. The number of ether oxygens (including phenoxy) is 1. The fourth-order valence-corrected chi connectivity index (χ4v) is 2.18. The molecule has 0 spiro atoms. The van der Waals surface area contributed by atoms with Crippen molar-refractivity contribution in [3.8, 4) is 5.75 Å². The van der Waals surface area contributed by atoms with Crippen LogP contribution in [0.15, 0.2) is 54.6 Å². The van der Waals surface area contributed by atoms with Gasteiger partial charge in [0.05, 0.1) is 13.7 Å². The van der Waals surface area contributed by atoms with Crippen LogP contribution in [0.2, 0.25) is 0 Å². The van der Waals surface area contributed by atoms with Crippen LogP contribution in [0.3, 0.4) is 0 Å². The van der Waals surface area contributed by atoms with Crippen molar-refractivity contribution < 1.29 is 22.9 Å². The highest BCUT2D eigenvalue weighted by Gasteiger charge is 2.13. The highest BCUT2D eigenvalue weighted by atomic mass is 35.5. The SMILES string of the molecule is COc1cccc([C@@H](C[NH3+])Cc2ccccc2)c1.[Cl-]. The molecule has 2 nitrogen and oxygen atoms in total. The van der Waals surface area contributed by atoms with Gasteiger partial charge in [-0.2, -0.15) is 0 Å². The third-order valence-corrected chi connectivity index (χ3v) is 3.24. The number of quaternary nitrogens is 1. The maximum atomic E-state index is 5.28. The molecule has 2 rings (SSSR count). The fraction of sp³-hybridized carbons (Fsp3) is 0.250. The number of methoxy groups -OCH3 is 1. The van der Waals surface area contributed by atoms with E-state index < -0.39 is 0 Å². The zero-order chi connectivity index (χ0) is 12.8. The van der Waals surface area contributed by atoms with E-state index in [1.807, 2.05) is 18.2 Å². The van der Waals surface area contributed by atoms with Crippen LogP contribution < -0.4 is 22.9 Å². The summed E-state index contributed by atoms with van der Waals surface area (Å²) in [6.07, 6.45) is 1.03. The van der Waals surface area contributed by atoms with Gasteiger partial charge in [0.15, 0.2) is 0 Å². The highest BCUT2D eigenvalue weighted by molar-refractivity contribution is 5.32. The zero-order valence-electron chi connectivity index (χ0n) is 11.2. The molecule has 0 bridgehead atoms. The lowest BCUT2D eigenvalue weighted by Crippen LogP contribution is -3.00. The normalized spacial score (nSPS) is 11.5. The molecule has 0 amide bonds. The van der Waals surface area contributed by atoms with Crippen molar-refractivity contribution in [1.29, 1.82) is 0 Å². The van der Waals surface area contributed by atoms with Crippen molar-refractivity contribution in [3.05, 3.63) is 65.7 Å². The Morgan fingerprint density at radius 3 is 2.42 bits per heavy atom. The van der Waals surface area contributed by atoms with Gasteiger partial charge >= 0.3 is 0 Å². The van der Waals surface area contributed by atoms with Crippen molar-refractivity contribution >= 4 is 0 Å². The average Bonchev–Trinajstić information content (AvgIpc) is 2.46. The van der Waals surface area contributed by atoms with E-state index in [2.05, 4.69) is 42.1 Å². The van der Waals surface area contributed by atoms with E-state index in [1.54, 1.807) is 7.11 Å². The number of rotatable bonds is 5. The molecule has 0 saturated carbocycles. The Morgan fingerprint density at radius 1 is 1.05 bits per heavy atom. The van der Waals surface area contributed by atoms with Crippen LogP contribution in [0, 0.1) is 0 Å². The van der Waals surface area contributed by atoms with E-state index in [0.29, 0.717) is 5.92 Å². The second kappa shape index (κ2) is 7.82. The maximum absolute atomic E-state index is 5.28. The molecular formula is C16H20ClNO. The fourth-order valence-electron chi connectivity index (χ4n) is 2.18. The summed E-state index contributed by atoms with van der Waals surface area (Å²) >= 11 is 0. The molecule has 0 aliphatic carbocycles. The summed E-state index contributed by atoms with van der Waals surface area (Å²) < 4.78 is 5.28. The molecule has 0 saturated heterocycles. The summed E-state index contributed by atoms with van der Waals surface area (Å²) in [5, 5.41) is 0. The molecule has 2 aromatic carbocycles. The second-order valence-corrected chi connectivity index (χ2v) is 4.45. The number of benzene rings is 2. The summed E-state index contributed by atoms with van der Waals surface area (Å²) in [6, 6.07) is 18.8. The van der Waals surface area contributed by atoms with Crippen LogP contribution in [0.4, 0.5) is 0 Å². The molecular weight excluding hydrogens is 258 g/mol. The van der Waals surface area contributed by atoms with Gasteiger partial charge in [0.2, 0.25) is 0 Å². The Kier molecular flexibility index (Phi) is 6.40. The van der Waals surface area contributed by atoms with Crippen LogP contribution in [-0.2, 0) is 6.42 Å². The molecule has 0 heterocycles. The Labute approximate surface area is 121 Å². The molecule has 2 aromatic rings. The van der Waals surface area contributed by atoms with Crippen LogP contribution in [0.5, 0.6) is 5.75 Å². The minimum absolute atomic E-state index is 0. The van der Waals surface area contributed by atoms with Gasteiger partial charge in [0, 0.05) is 5.92 Å². The number of hydrogen-bond acceptors (Lipinski definition) is 1. The first-order chi connectivity index (χ1) is 8.83. The van der Waals surface area contributed by atoms with Gasteiger partial charge in [0.25, 0.3) is 0 Å². The molecule has 3 heteroatoms. The van der Waals surface area contributed by atoms with Crippen LogP contribution in [0.1, 0.15) is 17.0 Å². The van der Waals surface area contributed by atoms with Gasteiger partial charge in [-0.3, -0.25) is 0 Å². The van der Waals surface area contributed by atoms with E-state index in [9.17, 15) is 0 Å². The lowest BCUT2D eigenvalue weighted by Gasteiger charge is -2.14. The van der Waals surface area contributed by atoms with E-state index in [4.69, 9.17) is 4.74 Å². The summed E-state index contributed by atoms with van der Waals surface area (Å²) in [5.41, 5.74) is 6.73. The minimum atomic E-state index is 0. The predicted molar refractivity (Wildman–Crippen MR) is 73.6 cm³/mol. The van der Waals surface area contributed by atoms with Crippen molar-refractivity contribution in [2.75, 3.05) is 13.7 Å². The Balaban J connectivity index is 0.00000180. The van der Waals surface area contributed by atoms with Crippen LogP contribution in [0.25, 0.3) is 0 Å². The first-order valence-electron chi connectivity index (χ1n) is 6.30. The van der Waals surface area contributed by atoms with Crippen molar-refractivity contribution in [2.24, 2.45) is 0 Å². The number of halogens is 1. The van der Waals surface area contributed by atoms with Crippen molar-refractivity contribution in [3.63, 3.8) is 0 Å². The van der Waals surface area contributed by atoms with Gasteiger partial charge in [-0.15, -0.1) is 0 Å². The largest absolute Gasteiger partial charge is 1.00 e. The molecule has 0 aliphatic heterocycles.